The van der Waals surface area contributed by atoms with E-state index in [0.717, 1.165) is 25.1 Å². The van der Waals surface area contributed by atoms with Crippen LogP contribution in [0.1, 0.15) is 51.6 Å². The van der Waals surface area contributed by atoms with Crippen LogP contribution in [0.25, 0.3) is 0 Å². The minimum absolute atomic E-state index is 0.376. The van der Waals surface area contributed by atoms with Gasteiger partial charge in [0.25, 0.3) is 0 Å². The second kappa shape index (κ2) is 8.44. The van der Waals surface area contributed by atoms with Gasteiger partial charge in [0.15, 0.2) is 0 Å². The Morgan fingerprint density at radius 3 is 2.63 bits per heavy atom. The van der Waals surface area contributed by atoms with E-state index in [4.69, 9.17) is 16.3 Å². The molecule has 19 heavy (non-hydrogen) atoms. The number of ether oxygens (including phenoxy) is 1. The van der Waals surface area contributed by atoms with Gasteiger partial charge in [-0.1, -0.05) is 44.9 Å². The van der Waals surface area contributed by atoms with E-state index in [2.05, 4.69) is 38.2 Å². The van der Waals surface area contributed by atoms with E-state index in [0.29, 0.717) is 17.0 Å². The Kier molecular flexibility index (Phi) is 7.25. The highest BCUT2D eigenvalue weighted by atomic mass is 35.5. The third-order valence-corrected chi connectivity index (χ3v) is 3.87. The molecule has 1 aromatic rings. The van der Waals surface area contributed by atoms with Gasteiger partial charge in [-0.25, -0.2) is 0 Å². The minimum Gasteiger partial charge on any atom is -0.495 e. The average Bonchev–Trinajstić information content (AvgIpc) is 2.43. The molecular weight excluding hydrogens is 258 g/mol. The summed E-state index contributed by atoms with van der Waals surface area (Å²) in [6.07, 6.45) is 3.48. The Balaban J connectivity index is 2.88. The van der Waals surface area contributed by atoms with Gasteiger partial charge in [-0.15, -0.1) is 0 Å². The zero-order valence-corrected chi connectivity index (χ0v) is 13.3. The van der Waals surface area contributed by atoms with Crippen LogP contribution in [0.3, 0.4) is 0 Å². The number of benzene rings is 1. The van der Waals surface area contributed by atoms with Crippen LogP contribution in [0.4, 0.5) is 0 Å². The van der Waals surface area contributed by atoms with Gasteiger partial charge in [-0.05, 0) is 43.0 Å². The average molecular weight is 284 g/mol. The Hall–Kier alpha value is -0.730. The minimum atomic E-state index is 0.376. The molecule has 0 spiro atoms. The van der Waals surface area contributed by atoms with Gasteiger partial charge in [-0.3, -0.25) is 0 Å². The Bertz CT molecular complexity index is 381. The predicted octanol–water partition coefficient (Wildman–Crippen LogP) is 4.83. The van der Waals surface area contributed by atoms with Crippen LogP contribution in [0.15, 0.2) is 18.2 Å². The molecule has 2 nitrogen and oxygen atoms in total. The lowest BCUT2D eigenvalue weighted by molar-refractivity contribution is 0.395. The van der Waals surface area contributed by atoms with Crippen molar-refractivity contribution in [3.05, 3.63) is 28.8 Å². The molecule has 2 unspecified atom stereocenters. The summed E-state index contributed by atoms with van der Waals surface area (Å²) in [5.41, 5.74) is 1.26. The fourth-order valence-electron chi connectivity index (χ4n) is 2.12. The highest BCUT2D eigenvalue weighted by molar-refractivity contribution is 6.32. The molecule has 1 rings (SSSR count). The molecule has 0 aliphatic heterocycles. The molecule has 0 aromatic heterocycles. The summed E-state index contributed by atoms with van der Waals surface area (Å²) in [4.78, 5) is 0. The molecule has 0 saturated heterocycles. The molecule has 0 fully saturated rings. The Morgan fingerprint density at radius 1 is 1.32 bits per heavy atom. The second-order valence-corrected chi connectivity index (χ2v) is 5.56. The lowest BCUT2D eigenvalue weighted by atomic mass is 9.94. The van der Waals surface area contributed by atoms with Gasteiger partial charge >= 0.3 is 0 Å². The normalized spacial score (nSPS) is 14.2. The Labute approximate surface area is 122 Å². The van der Waals surface area contributed by atoms with Crippen molar-refractivity contribution in [3.8, 4) is 5.75 Å². The molecule has 0 radical (unpaired) electrons. The summed E-state index contributed by atoms with van der Waals surface area (Å²) in [7, 11) is 1.66. The van der Waals surface area contributed by atoms with E-state index in [1.54, 1.807) is 7.11 Å². The van der Waals surface area contributed by atoms with Crippen LogP contribution in [-0.2, 0) is 0 Å². The molecule has 0 aliphatic rings. The molecule has 0 amide bonds. The van der Waals surface area contributed by atoms with E-state index in [9.17, 15) is 0 Å². The standard InChI is InChI=1S/C16H26ClNO/c1-5-9-18-15(10-12(3)6-2)13-7-8-14(17)16(11-13)19-4/h7-8,11-12,15,18H,5-6,9-10H2,1-4H3. The van der Waals surface area contributed by atoms with Gasteiger partial charge in [0, 0.05) is 6.04 Å². The molecule has 0 aliphatic carbocycles. The highest BCUT2D eigenvalue weighted by Gasteiger charge is 2.15. The SMILES string of the molecule is CCCNC(CC(C)CC)c1ccc(Cl)c(OC)c1. The number of hydrogen-bond acceptors (Lipinski definition) is 2. The maximum Gasteiger partial charge on any atom is 0.137 e. The topological polar surface area (TPSA) is 21.3 Å². The van der Waals surface area contributed by atoms with Crippen molar-refractivity contribution in [2.24, 2.45) is 5.92 Å². The fraction of sp³-hybridized carbons (Fsp3) is 0.625. The molecule has 3 heteroatoms. The second-order valence-electron chi connectivity index (χ2n) is 5.15. The van der Waals surface area contributed by atoms with E-state index >= 15 is 0 Å². The lowest BCUT2D eigenvalue weighted by Crippen LogP contribution is -2.24. The van der Waals surface area contributed by atoms with Crippen LogP contribution >= 0.6 is 11.6 Å². The number of nitrogens with one attached hydrogen (secondary N) is 1. The first-order valence-corrected chi connectivity index (χ1v) is 7.56. The molecule has 0 heterocycles. The zero-order chi connectivity index (χ0) is 14.3. The molecule has 0 bridgehead atoms. The van der Waals surface area contributed by atoms with E-state index < -0.39 is 0 Å². The van der Waals surface area contributed by atoms with Crippen molar-refractivity contribution in [2.75, 3.05) is 13.7 Å². The van der Waals surface area contributed by atoms with Crippen molar-refractivity contribution < 1.29 is 4.74 Å². The first-order valence-electron chi connectivity index (χ1n) is 7.19. The fourth-order valence-corrected chi connectivity index (χ4v) is 2.31. The van der Waals surface area contributed by atoms with Crippen molar-refractivity contribution >= 4 is 11.6 Å². The van der Waals surface area contributed by atoms with E-state index in [1.165, 1.54) is 12.0 Å². The summed E-state index contributed by atoms with van der Waals surface area (Å²) in [6, 6.07) is 6.45. The largest absolute Gasteiger partial charge is 0.495 e. The molecule has 1 aromatic carbocycles. The smallest absolute Gasteiger partial charge is 0.137 e. The van der Waals surface area contributed by atoms with Gasteiger partial charge < -0.3 is 10.1 Å². The summed E-state index contributed by atoms with van der Waals surface area (Å²) < 4.78 is 5.31. The van der Waals surface area contributed by atoms with Gasteiger partial charge in [-0.2, -0.15) is 0 Å². The number of hydrogen-bond donors (Lipinski definition) is 1. The maximum absolute atomic E-state index is 6.09. The zero-order valence-electron chi connectivity index (χ0n) is 12.5. The monoisotopic (exact) mass is 283 g/mol. The van der Waals surface area contributed by atoms with Gasteiger partial charge in [0.2, 0.25) is 0 Å². The number of rotatable bonds is 8. The number of methoxy groups -OCH3 is 1. The molecular formula is C16H26ClNO. The summed E-state index contributed by atoms with van der Waals surface area (Å²) in [6.45, 7) is 7.76. The predicted molar refractivity (Wildman–Crippen MR) is 83.1 cm³/mol. The first-order chi connectivity index (χ1) is 9.12. The third-order valence-electron chi connectivity index (χ3n) is 3.55. The van der Waals surface area contributed by atoms with Crippen LogP contribution in [0, 0.1) is 5.92 Å². The summed E-state index contributed by atoms with van der Waals surface area (Å²) >= 11 is 6.09. The molecule has 2 atom stereocenters. The maximum atomic E-state index is 6.09. The Morgan fingerprint density at radius 2 is 2.05 bits per heavy atom. The van der Waals surface area contributed by atoms with Crippen molar-refractivity contribution in [2.45, 2.75) is 46.1 Å². The van der Waals surface area contributed by atoms with Gasteiger partial charge in [0.1, 0.15) is 5.75 Å². The van der Waals surface area contributed by atoms with Crippen LogP contribution in [0.2, 0.25) is 5.02 Å². The van der Waals surface area contributed by atoms with Crippen LogP contribution in [-0.4, -0.2) is 13.7 Å². The third kappa shape index (κ3) is 5.04. The van der Waals surface area contributed by atoms with Crippen LogP contribution < -0.4 is 10.1 Å². The quantitative estimate of drug-likeness (QED) is 0.738. The van der Waals surface area contributed by atoms with E-state index in [1.807, 2.05) is 6.07 Å². The molecule has 1 N–H and O–H groups in total. The van der Waals surface area contributed by atoms with Crippen LogP contribution in [0.5, 0.6) is 5.75 Å². The van der Waals surface area contributed by atoms with Gasteiger partial charge in [0.05, 0.1) is 12.1 Å². The highest BCUT2D eigenvalue weighted by Crippen LogP contribution is 2.30. The molecule has 108 valence electrons. The van der Waals surface area contributed by atoms with Crippen molar-refractivity contribution in [3.63, 3.8) is 0 Å². The molecule has 0 saturated carbocycles. The van der Waals surface area contributed by atoms with Crippen molar-refractivity contribution in [1.29, 1.82) is 0 Å². The van der Waals surface area contributed by atoms with E-state index in [-0.39, 0.29) is 0 Å². The summed E-state index contributed by atoms with van der Waals surface area (Å²) in [5.74, 6) is 1.46. The summed E-state index contributed by atoms with van der Waals surface area (Å²) in [5, 5.41) is 4.29. The van der Waals surface area contributed by atoms with Crippen molar-refractivity contribution in [1.82, 2.24) is 5.32 Å². The number of halogens is 1. The lowest BCUT2D eigenvalue weighted by Gasteiger charge is -2.23. The first kappa shape index (κ1) is 16.3.